The zero-order valence-electron chi connectivity index (χ0n) is 37.4. The normalized spacial score (nSPS) is 16.3. The van der Waals surface area contributed by atoms with E-state index in [0.717, 1.165) is 4.90 Å². The smallest absolute Gasteiger partial charge is 0.326 e. The van der Waals surface area contributed by atoms with Gasteiger partial charge in [-0.3, -0.25) is 33.6 Å². The fraction of sp³-hybridized carbons (Fsp3) is 0.370. The predicted molar refractivity (Wildman–Crippen MR) is 243 cm³/mol. The number of carboxylic acids is 1. The van der Waals surface area contributed by atoms with Crippen molar-refractivity contribution in [3.8, 4) is 17.2 Å². The molecule has 4 aromatic rings. The van der Waals surface area contributed by atoms with E-state index in [4.69, 9.17) is 11.5 Å². The Hall–Kier alpha value is -8.05. The fourth-order valence-electron chi connectivity index (χ4n) is 7.57. The number of aliphatic hydroxyl groups excluding tert-OH is 1. The topological polar surface area (TPSA) is 382 Å². The summed E-state index contributed by atoms with van der Waals surface area (Å²) in [6.45, 7) is 1.20. The Morgan fingerprint density at radius 1 is 0.681 bits per heavy atom. The van der Waals surface area contributed by atoms with Gasteiger partial charge in [0.15, 0.2) is 0 Å². The lowest BCUT2D eigenvalue weighted by molar-refractivity contribution is -0.145. The molecule has 3 aromatic carbocycles. The van der Waals surface area contributed by atoms with Gasteiger partial charge in [-0.2, -0.15) is 0 Å². The molecule has 23 nitrogen and oxygen atoms in total. The second-order valence-electron chi connectivity index (χ2n) is 16.7. The third-order valence-electron chi connectivity index (χ3n) is 11.3. The molecule has 0 radical (unpaired) electrons. The van der Waals surface area contributed by atoms with Gasteiger partial charge in [0.2, 0.25) is 41.4 Å². The molecule has 8 atom stereocenters. The number of amides is 7. The molecule has 1 saturated heterocycles. The van der Waals surface area contributed by atoms with Gasteiger partial charge in [0.05, 0.1) is 30.6 Å². The number of nitrogens with one attached hydrogen (secondary N) is 6. The van der Waals surface area contributed by atoms with Gasteiger partial charge in [0.1, 0.15) is 53.5 Å². The van der Waals surface area contributed by atoms with Crippen LogP contribution in [0.5, 0.6) is 17.2 Å². The van der Waals surface area contributed by atoms with Gasteiger partial charge < -0.3 is 73.5 Å². The Labute approximate surface area is 395 Å². The van der Waals surface area contributed by atoms with Crippen LogP contribution in [-0.2, 0) is 64.0 Å². The molecule has 0 saturated carbocycles. The molecule has 2 heterocycles. The van der Waals surface area contributed by atoms with E-state index >= 15 is 0 Å². The van der Waals surface area contributed by atoms with Crippen LogP contribution in [0.1, 0.15) is 48.6 Å². The number of H-pyrrole nitrogens is 1. The van der Waals surface area contributed by atoms with Crippen LogP contribution in [0.25, 0.3) is 0 Å². The first kappa shape index (κ1) is 51.9. The number of hydrogen-bond acceptors (Lipinski definition) is 14. The SMILES string of the molecule is C[C@@H](O)[C@H](NC(=O)[C@H](Cc1ccc(O)cc1)NC(=O)[C@H](Cc1c[nH]cn1)NC(=O)[C@@H](N)Cc1ccc(O)cc1)C(=O)N1CCC[C@H]1C(=O)N[C@@H](Cc1ccc(O)cc1)C(=O)N[C@@H](CC(N)=O)C(=O)O. The number of nitrogens with zero attached hydrogens (tertiary/aromatic N) is 2. The van der Waals surface area contributed by atoms with Crippen molar-refractivity contribution in [3.63, 3.8) is 0 Å². The number of aromatic amines is 1. The van der Waals surface area contributed by atoms with Gasteiger partial charge in [-0.25, -0.2) is 9.78 Å². The van der Waals surface area contributed by atoms with Gasteiger partial charge in [-0.15, -0.1) is 0 Å². The van der Waals surface area contributed by atoms with Crippen LogP contribution in [0.3, 0.4) is 0 Å². The quantitative estimate of drug-likeness (QED) is 0.0378. The number of primary amides is 1. The molecule has 368 valence electrons. The van der Waals surface area contributed by atoms with Crippen LogP contribution >= 0.6 is 0 Å². The molecule has 0 unspecified atom stereocenters. The first-order chi connectivity index (χ1) is 32.8. The number of benzene rings is 3. The minimum atomic E-state index is -1.74. The van der Waals surface area contributed by atoms with Crippen molar-refractivity contribution in [2.24, 2.45) is 11.5 Å². The Balaban J connectivity index is 1.35. The summed E-state index contributed by atoms with van der Waals surface area (Å²) in [6.07, 6.45) is 0.338. The molecule has 0 bridgehead atoms. The van der Waals surface area contributed by atoms with E-state index in [-0.39, 0.29) is 62.3 Å². The first-order valence-corrected chi connectivity index (χ1v) is 21.9. The lowest BCUT2D eigenvalue weighted by atomic mass is 10.0. The number of hydrogen-bond donors (Lipinski definition) is 13. The van der Waals surface area contributed by atoms with E-state index in [2.05, 4.69) is 36.6 Å². The molecule has 1 fully saturated rings. The molecular weight excluding hydrogens is 901 g/mol. The maximum absolute atomic E-state index is 14.3. The molecule has 1 aromatic heterocycles. The van der Waals surface area contributed by atoms with Crippen molar-refractivity contribution in [2.75, 3.05) is 6.54 Å². The van der Waals surface area contributed by atoms with Crippen LogP contribution in [-0.4, -0.2) is 143 Å². The number of imidazole rings is 1. The van der Waals surface area contributed by atoms with Crippen LogP contribution < -0.4 is 38.1 Å². The average Bonchev–Trinajstić information content (AvgIpc) is 4.02. The van der Waals surface area contributed by atoms with Gasteiger partial charge >= 0.3 is 5.97 Å². The third-order valence-corrected chi connectivity index (χ3v) is 11.3. The van der Waals surface area contributed by atoms with Crippen LogP contribution in [0.15, 0.2) is 85.3 Å². The minimum absolute atomic E-state index is 0.0152. The van der Waals surface area contributed by atoms with E-state index in [1.54, 1.807) is 12.1 Å². The van der Waals surface area contributed by atoms with Crippen molar-refractivity contribution in [1.82, 2.24) is 41.5 Å². The second kappa shape index (κ2) is 24.1. The molecule has 0 spiro atoms. The van der Waals surface area contributed by atoms with E-state index in [0.29, 0.717) is 22.4 Å². The number of likely N-dealkylation sites (tertiary alicyclic amines) is 1. The summed E-state index contributed by atoms with van der Waals surface area (Å²) < 4.78 is 0. The predicted octanol–water partition coefficient (Wildman–Crippen LogP) is -2.12. The third kappa shape index (κ3) is 15.2. The highest BCUT2D eigenvalue weighted by Crippen LogP contribution is 2.21. The maximum Gasteiger partial charge on any atom is 0.326 e. The standard InChI is InChI=1S/C46H56N10O13/c1-24(57)39(45(67)56-16-2-3-37(56)44(66)53-33(18-26-6-12-30(59)13-7-26)41(63)54-36(46(68)69)21-38(48)61)55-43(65)34(19-27-8-14-31(60)15-9-27)52-42(64)35(20-28-22-49-23-50-28)51-40(62)32(47)17-25-4-10-29(58)11-5-25/h4-15,22-24,32-37,39,57-60H,2-3,16-21,47H2,1H3,(H2,48,61)(H,49,50)(H,51,62)(H,52,64)(H,53,66)(H,54,63)(H,55,65)(H,68,69)/t24-,32+,33+,34+,35+,36+,37+,39+/m1/s1. The summed E-state index contributed by atoms with van der Waals surface area (Å²) in [5.41, 5.74) is 13.3. The Morgan fingerprint density at radius 3 is 1.62 bits per heavy atom. The summed E-state index contributed by atoms with van der Waals surface area (Å²) in [6, 6.07) is 7.17. The zero-order valence-corrected chi connectivity index (χ0v) is 37.4. The highest BCUT2D eigenvalue weighted by atomic mass is 16.4. The van der Waals surface area contributed by atoms with E-state index in [9.17, 15) is 63.9 Å². The van der Waals surface area contributed by atoms with Crippen LogP contribution in [0.4, 0.5) is 0 Å². The molecular formula is C46H56N10O13. The molecule has 1 aliphatic heterocycles. The number of carboxylic acid groups (broad SMARTS) is 1. The largest absolute Gasteiger partial charge is 0.508 e. The Bertz CT molecular complexity index is 2430. The summed E-state index contributed by atoms with van der Waals surface area (Å²) in [4.78, 5) is 115. The lowest BCUT2D eigenvalue weighted by Gasteiger charge is -2.32. The van der Waals surface area contributed by atoms with Gasteiger partial charge in [0, 0.05) is 32.0 Å². The average molecular weight is 957 g/mol. The minimum Gasteiger partial charge on any atom is -0.508 e. The molecule has 1 aliphatic rings. The number of nitrogens with two attached hydrogens (primary N) is 2. The molecule has 23 heteroatoms. The Morgan fingerprint density at radius 2 is 1.14 bits per heavy atom. The summed E-state index contributed by atoms with van der Waals surface area (Å²) in [7, 11) is 0. The van der Waals surface area contributed by atoms with E-state index < -0.39 is 102 Å². The van der Waals surface area contributed by atoms with Crippen molar-refractivity contribution in [2.45, 2.75) is 100 Å². The number of phenols is 3. The van der Waals surface area contributed by atoms with Crippen molar-refractivity contribution in [3.05, 3.63) is 108 Å². The van der Waals surface area contributed by atoms with E-state index in [1.165, 1.54) is 80.1 Å². The molecule has 69 heavy (non-hydrogen) atoms. The van der Waals surface area contributed by atoms with Crippen LogP contribution in [0.2, 0.25) is 0 Å². The number of aliphatic carboxylic acids is 1. The Kier molecular flexibility index (Phi) is 18.1. The lowest BCUT2D eigenvalue weighted by Crippen LogP contribution is -2.62. The highest BCUT2D eigenvalue weighted by Gasteiger charge is 2.41. The summed E-state index contributed by atoms with van der Waals surface area (Å²) >= 11 is 0. The van der Waals surface area contributed by atoms with Gasteiger partial charge in [-0.1, -0.05) is 36.4 Å². The number of rotatable bonds is 23. The number of carbonyl (C=O) groups is 8. The van der Waals surface area contributed by atoms with Gasteiger partial charge in [-0.05, 0) is 79.3 Å². The number of aliphatic hydroxyl groups is 1. The molecule has 5 rings (SSSR count). The maximum atomic E-state index is 14.3. The van der Waals surface area contributed by atoms with Crippen LogP contribution in [0, 0.1) is 0 Å². The van der Waals surface area contributed by atoms with Crippen molar-refractivity contribution in [1.29, 1.82) is 0 Å². The summed E-state index contributed by atoms with van der Waals surface area (Å²) in [5, 5.41) is 62.5. The number of aromatic hydroxyl groups is 3. The molecule has 0 aliphatic carbocycles. The van der Waals surface area contributed by atoms with Crippen molar-refractivity contribution >= 4 is 47.3 Å². The number of phenolic OH excluding ortho intramolecular Hbond substituents is 3. The number of carbonyl (C=O) groups excluding carboxylic acids is 7. The molecule has 15 N–H and O–H groups in total. The first-order valence-electron chi connectivity index (χ1n) is 21.9. The zero-order chi connectivity index (χ0) is 50.4. The second-order valence-corrected chi connectivity index (χ2v) is 16.7. The highest BCUT2D eigenvalue weighted by molar-refractivity contribution is 5.98. The molecule has 7 amide bonds. The van der Waals surface area contributed by atoms with Crippen molar-refractivity contribution < 1.29 is 63.9 Å². The van der Waals surface area contributed by atoms with E-state index in [1.807, 2.05) is 0 Å². The van der Waals surface area contributed by atoms with Gasteiger partial charge in [0.25, 0.3) is 0 Å². The fourth-order valence-corrected chi connectivity index (χ4v) is 7.57. The number of aromatic nitrogens is 2. The monoisotopic (exact) mass is 956 g/mol. The summed E-state index contributed by atoms with van der Waals surface area (Å²) in [5.74, 6) is -8.02.